The van der Waals surface area contributed by atoms with Gasteiger partial charge in [-0.2, -0.15) is 0 Å². The predicted octanol–water partition coefficient (Wildman–Crippen LogP) is 2.24. The van der Waals surface area contributed by atoms with Crippen molar-refractivity contribution in [1.82, 2.24) is 0 Å². The van der Waals surface area contributed by atoms with Crippen LogP contribution in [0, 0.1) is 56.7 Å². The van der Waals surface area contributed by atoms with Crippen LogP contribution in [-0.4, -0.2) is 125 Å². The number of ether oxygens (including phenoxy) is 3. The third-order valence-electron chi connectivity index (χ3n) is 17.0. The van der Waals surface area contributed by atoms with Crippen LogP contribution >= 0.6 is 0 Å². The molecule has 0 unspecified atom stereocenters. The molecule has 58 heavy (non-hydrogen) atoms. The van der Waals surface area contributed by atoms with Gasteiger partial charge in [0.2, 0.25) is 6.29 Å². The van der Waals surface area contributed by atoms with E-state index in [1.165, 1.54) is 0 Å². The number of carbonyl (C=O) groups excluding carboxylic acids is 2. The summed E-state index contributed by atoms with van der Waals surface area (Å²) in [5, 5.41) is 107. The normalized spacial score (nSPS) is 48.4. The van der Waals surface area contributed by atoms with E-state index in [0.29, 0.717) is 44.9 Å². The molecule has 1 saturated heterocycles. The van der Waals surface area contributed by atoms with E-state index in [0.717, 1.165) is 17.7 Å². The summed E-state index contributed by atoms with van der Waals surface area (Å²) in [6, 6.07) is 1.90. The van der Waals surface area contributed by atoms with Gasteiger partial charge in [0.05, 0.1) is 42.5 Å². The molecule has 5 saturated carbocycles. The minimum Gasteiger partial charge on any atom is -0.504 e. The van der Waals surface area contributed by atoms with Crippen LogP contribution in [0.1, 0.15) is 96.3 Å². The SMILES string of the molecule is C=C(C)[C@@H]1CC[C@]2(C(=O)O[C@@H]3O[C@H](CO)[C@@H](O)[C@H](O)[C@H]3O)CC[C@]3(C)[C@H](CC[C@@H]4[C@@]5(C)C[C@@H](O)[C@H](O)[C@@](C)(COC(=O)c6cc(O)c(O)c(O)c6)[C@@H]5[C@H](O)C[C@]43C)[C@H]12. The van der Waals surface area contributed by atoms with Crippen LogP contribution in [0.4, 0.5) is 0 Å². The minimum atomic E-state index is -1.73. The lowest BCUT2D eigenvalue weighted by atomic mass is 9.31. The summed E-state index contributed by atoms with van der Waals surface area (Å²) in [6.45, 7) is 13.5. The van der Waals surface area contributed by atoms with Crippen LogP contribution in [0.15, 0.2) is 24.3 Å². The Labute approximate surface area is 338 Å². The van der Waals surface area contributed by atoms with Gasteiger partial charge in [-0.1, -0.05) is 39.8 Å². The molecule has 1 aliphatic heterocycles. The number of rotatable bonds is 7. The third kappa shape index (κ3) is 6.04. The van der Waals surface area contributed by atoms with Crippen molar-refractivity contribution in [2.24, 2.45) is 56.7 Å². The molecule has 1 heterocycles. The van der Waals surface area contributed by atoms with E-state index in [1.54, 1.807) is 6.92 Å². The highest BCUT2D eigenvalue weighted by Crippen LogP contribution is 2.77. The smallest absolute Gasteiger partial charge is 0.338 e. The number of benzene rings is 1. The van der Waals surface area contributed by atoms with Crippen LogP contribution in [-0.2, 0) is 19.0 Å². The summed E-state index contributed by atoms with van der Waals surface area (Å²) in [7, 11) is 0. The van der Waals surface area contributed by atoms with E-state index in [4.69, 9.17) is 14.2 Å². The highest BCUT2D eigenvalue weighted by Gasteiger charge is 2.75. The molecule has 324 valence electrons. The van der Waals surface area contributed by atoms with E-state index in [1.807, 2.05) is 6.92 Å². The largest absolute Gasteiger partial charge is 0.504 e. The molecule has 6 aliphatic rings. The fourth-order valence-electron chi connectivity index (χ4n) is 14.2. The summed E-state index contributed by atoms with van der Waals surface area (Å²) >= 11 is 0. The Morgan fingerprint density at radius 2 is 1.50 bits per heavy atom. The van der Waals surface area contributed by atoms with Crippen molar-refractivity contribution >= 4 is 11.9 Å². The van der Waals surface area contributed by atoms with E-state index in [9.17, 15) is 60.7 Å². The molecule has 0 radical (unpaired) electrons. The van der Waals surface area contributed by atoms with Crippen molar-refractivity contribution in [3.8, 4) is 17.2 Å². The van der Waals surface area contributed by atoms with Crippen LogP contribution in [0.25, 0.3) is 0 Å². The number of fused-ring (bicyclic) bond motifs is 7. The second-order valence-corrected chi connectivity index (χ2v) is 19.8. The summed E-state index contributed by atoms with van der Waals surface area (Å²) in [5.41, 5.74) is -3.33. The molecule has 0 amide bonds. The fraction of sp³-hybridized carbons (Fsp3) is 0.767. The van der Waals surface area contributed by atoms with Crippen molar-refractivity contribution in [2.45, 2.75) is 135 Å². The first-order valence-corrected chi connectivity index (χ1v) is 20.7. The first kappa shape index (κ1) is 43.1. The molecule has 7 rings (SSSR count). The standard InChI is InChI=1S/C43H62O15/c1-19(2)21-9-10-43(38(55)58-37-33(52)32(51)31(50)27(17-44)57-37)12-11-41(5)22(29(21)43)7-8-28-39(3)15-26(48)35(53)40(4,34(39)25(47)16-42(28,41)6)18-56-36(54)20-13-23(45)30(49)24(46)14-20/h13-14,21-22,25-29,31-35,37,44-53H,1,7-12,15-18H2,2-6H3/t21-,22+,25+,26+,27+,28+,29-,31+,32-,33+,34+,35-,37-,39+,40-,41+,42+,43-/m0/s1. The number of aliphatic hydroxyl groups is 7. The summed E-state index contributed by atoms with van der Waals surface area (Å²) in [6.07, 6.45) is -7.34. The zero-order chi connectivity index (χ0) is 42.7. The quantitative estimate of drug-likeness (QED) is 0.107. The van der Waals surface area contributed by atoms with Crippen molar-refractivity contribution < 1.29 is 74.9 Å². The van der Waals surface area contributed by atoms with Gasteiger partial charge < -0.3 is 65.3 Å². The first-order valence-electron chi connectivity index (χ1n) is 20.7. The van der Waals surface area contributed by atoms with Gasteiger partial charge in [0.15, 0.2) is 17.2 Å². The number of aromatic hydroxyl groups is 3. The fourth-order valence-corrected chi connectivity index (χ4v) is 14.2. The monoisotopic (exact) mass is 818 g/mol. The van der Waals surface area contributed by atoms with Gasteiger partial charge in [-0.3, -0.25) is 4.79 Å². The van der Waals surface area contributed by atoms with E-state index >= 15 is 0 Å². The Bertz CT molecular complexity index is 1780. The Morgan fingerprint density at radius 3 is 2.12 bits per heavy atom. The Hall–Kier alpha value is -3.02. The zero-order valence-electron chi connectivity index (χ0n) is 34.0. The Balaban J connectivity index is 1.19. The average molecular weight is 819 g/mol. The average Bonchev–Trinajstić information content (AvgIpc) is 3.57. The second-order valence-electron chi connectivity index (χ2n) is 19.8. The number of phenolic OH excluding ortho intramolecular Hbond substituents is 3. The molecule has 18 atom stereocenters. The van der Waals surface area contributed by atoms with Gasteiger partial charge in [-0.15, -0.1) is 0 Å². The number of allylic oxidation sites excluding steroid dienone is 1. The number of carbonyl (C=O) groups is 2. The topological polar surface area (TPSA) is 264 Å². The molecule has 15 heteroatoms. The number of esters is 2. The number of hydrogen-bond acceptors (Lipinski definition) is 15. The van der Waals surface area contributed by atoms with Crippen molar-refractivity contribution in [2.75, 3.05) is 13.2 Å². The van der Waals surface area contributed by atoms with Crippen LogP contribution in [0.2, 0.25) is 0 Å². The highest BCUT2D eigenvalue weighted by molar-refractivity contribution is 5.91. The molecule has 6 fully saturated rings. The maximum absolute atomic E-state index is 14.6. The molecule has 10 N–H and O–H groups in total. The van der Waals surface area contributed by atoms with Crippen molar-refractivity contribution in [1.29, 1.82) is 0 Å². The number of aliphatic hydroxyl groups excluding tert-OH is 7. The molecule has 0 bridgehead atoms. The lowest BCUT2D eigenvalue weighted by molar-refractivity contribution is -0.304. The van der Waals surface area contributed by atoms with Gasteiger partial charge in [0, 0.05) is 11.3 Å². The van der Waals surface area contributed by atoms with Crippen LogP contribution in [0.5, 0.6) is 17.2 Å². The maximum atomic E-state index is 14.6. The van der Waals surface area contributed by atoms with Gasteiger partial charge in [0.1, 0.15) is 24.4 Å². The lowest BCUT2D eigenvalue weighted by Gasteiger charge is -2.73. The van der Waals surface area contributed by atoms with Gasteiger partial charge in [-0.25, -0.2) is 4.79 Å². The summed E-state index contributed by atoms with van der Waals surface area (Å²) in [4.78, 5) is 27.8. The van der Waals surface area contributed by atoms with E-state index < -0.39 is 124 Å². The minimum absolute atomic E-state index is 0.0361. The van der Waals surface area contributed by atoms with Crippen LogP contribution < -0.4 is 0 Å². The number of phenols is 3. The van der Waals surface area contributed by atoms with Crippen molar-refractivity contribution in [3.63, 3.8) is 0 Å². The summed E-state index contributed by atoms with van der Waals surface area (Å²) < 4.78 is 17.2. The molecule has 1 aromatic carbocycles. The molecule has 1 aromatic rings. The van der Waals surface area contributed by atoms with Gasteiger partial charge in [0.25, 0.3) is 0 Å². The highest BCUT2D eigenvalue weighted by atomic mass is 16.7. The number of hydrogen-bond donors (Lipinski definition) is 10. The van der Waals surface area contributed by atoms with E-state index in [-0.39, 0.29) is 35.7 Å². The van der Waals surface area contributed by atoms with Gasteiger partial charge >= 0.3 is 11.9 Å². The first-order chi connectivity index (χ1) is 27.0. The van der Waals surface area contributed by atoms with Gasteiger partial charge in [-0.05, 0) is 110 Å². The molecule has 0 aromatic heterocycles. The zero-order valence-corrected chi connectivity index (χ0v) is 34.0. The second kappa shape index (κ2) is 14.6. The van der Waals surface area contributed by atoms with Crippen molar-refractivity contribution in [3.05, 3.63) is 29.8 Å². The Morgan fingerprint density at radius 1 is 0.845 bits per heavy atom. The maximum Gasteiger partial charge on any atom is 0.338 e. The predicted molar refractivity (Wildman–Crippen MR) is 204 cm³/mol. The summed E-state index contributed by atoms with van der Waals surface area (Å²) in [5.74, 6) is -4.73. The molecular weight excluding hydrogens is 756 g/mol. The van der Waals surface area contributed by atoms with E-state index in [2.05, 4.69) is 27.4 Å². The molecular formula is C43H62O15. The Kier molecular flexibility index (Phi) is 10.8. The molecule has 15 nitrogen and oxygen atoms in total. The third-order valence-corrected chi connectivity index (χ3v) is 17.0. The molecule has 0 spiro atoms. The molecule has 5 aliphatic carbocycles. The lowest BCUT2D eigenvalue weighted by Crippen LogP contribution is -2.72. The van der Waals surface area contributed by atoms with Crippen LogP contribution in [0.3, 0.4) is 0 Å².